The molecule has 2 aliphatic rings. The minimum absolute atomic E-state index is 0.159. The summed E-state index contributed by atoms with van der Waals surface area (Å²) in [6.45, 7) is 4.68. The first-order valence-corrected chi connectivity index (χ1v) is 6.99. The fraction of sp³-hybridized carbons (Fsp3) is 0.600. The van der Waals surface area contributed by atoms with Crippen LogP contribution in [0.4, 0.5) is 4.39 Å². The third kappa shape index (κ3) is 2.29. The highest BCUT2D eigenvalue weighted by atomic mass is 19.1. The Labute approximate surface area is 108 Å². The number of rotatable bonds is 3. The van der Waals surface area contributed by atoms with Gasteiger partial charge in [0, 0.05) is 24.7 Å². The Bertz CT molecular complexity index is 403. The number of nitrogens with zero attached hydrogens (tertiary/aromatic N) is 1. The number of fused-ring (bicyclic) bond motifs is 1. The average Bonchev–Trinajstić information content (AvgIpc) is 2.95. The lowest BCUT2D eigenvalue weighted by molar-refractivity contribution is 0.291. The van der Waals surface area contributed by atoms with E-state index in [1.54, 1.807) is 12.1 Å². The molecule has 0 spiro atoms. The van der Waals surface area contributed by atoms with Gasteiger partial charge in [0.25, 0.3) is 0 Å². The van der Waals surface area contributed by atoms with Crippen molar-refractivity contribution in [3.8, 4) is 0 Å². The lowest BCUT2D eigenvalue weighted by atomic mass is 10.0. The minimum Gasteiger partial charge on any atom is -0.306 e. The van der Waals surface area contributed by atoms with E-state index in [-0.39, 0.29) is 5.82 Å². The smallest absolute Gasteiger partial charge is 0.123 e. The molecule has 0 aliphatic carbocycles. The summed E-state index contributed by atoms with van der Waals surface area (Å²) in [6, 6.07) is 8.49. The van der Waals surface area contributed by atoms with E-state index in [4.69, 9.17) is 0 Å². The van der Waals surface area contributed by atoms with Crippen LogP contribution >= 0.6 is 0 Å². The van der Waals surface area contributed by atoms with E-state index in [2.05, 4.69) is 17.1 Å². The van der Waals surface area contributed by atoms with Crippen LogP contribution in [-0.4, -0.2) is 30.1 Å². The van der Waals surface area contributed by atoms with Gasteiger partial charge in [0.05, 0.1) is 0 Å². The van der Waals surface area contributed by atoms with Crippen LogP contribution in [0, 0.1) is 5.82 Å². The van der Waals surface area contributed by atoms with E-state index < -0.39 is 0 Å². The highest BCUT2D eigenvalue weighted by molar-refractivity contribution is 5.19. The Balaban J connectivity index is 1.64. The highest BCUT2D eigenvalue weighted by Crippen LogP contribution is 2.29. The van der Waals surface area contributed by atoms with Gasteiger partial charge in [-0.2, -0.15) is 0 Å². The summed E-state index contributed by atoms with van der Waals surface area (Å²) in [5.41, 5.74) is 1.17. The number of hydrogen-bond donors (Lipinski definition) is 1. The first-order valence-electron chi connectivity index (χ1n) is 6.99. The number of benzene rings is 1. The second-order valence-electron chi connectivity index (χ2n) is 5.58. The molecule has 0 amide bonds. The molecule has 2 saturated heterocycles. The summed E-state index contributed by atoms with van der Waals surface area (Å²) >= 11 is 0. The van der Waals surface area contributed by atoms with Crippen LogP contribution in [-0.2, 0) is 0 Å². The molecule has 0 saturated carbocycles. The van der Waals surface area contributed by atoms with Crippen molar-refractivity contribution in [2.45, 2.75) is 44.3 Å². The van der Waals surface area contributed by atoms with E-state index in [1.807, 2.05) is 12.1 Å². The van der Waals surface area contributed by atoms with Crippen molar-refractivity contribution >= 4 is 0 Å². The van der Waals surface area contributed by atoms with Crippen LogP contribution in [0.3, 0.4) is 0 Å². The Morgan fingerprint density at radius 2 is 2.00 bits per heavy atom. The van der Waals surface area contributed by atoms with E-state index >= 15 is 0 Å². The van der Waals surface area contributed by atoms with Gasteiger partial charge in [0.1, 0.15) is 5.82 Å². The zero-order valence-electron chi connectivity index (χ0n) is 10.9. The summed E-state index contributed by atoms with van der Waals surface area (Å²) in [6.07, 6.45) is 3.91. The van der Waals surface area contributed by atoms with Crippen LogP contribution in [0.1, 0.15) is 37.8 Å². The zero-order valence-corrected chi connectivity index (χ0v) is 10.9. The first-order chi connectivity index (χ1) is 8.74. The van der Waals surface area contributed by atoms with E-state index in [1.165, 1.54) is 37.9 Å². The lowest BCUT2D eigenvalue weighted by Gasteiger charge is -2.25. The van der Waals surface area contributed by atoms with Gasteiger partial charge in [-0.1, -0.05) is 12.1 Å². The monoisotopic (exact) mass is 248 g/mol. The third-order valence-corrected chi connectivity index (χ3v) is 4.44. The molecule has 2 aliphatic heterocycles. The van der Waals surface area contributed by atoms with Crippen molar-refractivity contribution < 1.29 is 4.39 Å². The van der Waals surface area contributed by atoms with Gasteiger partial charge in [-0.3, -0.25) is 4.90 Å². The molecule has 1 N–H and O–H groups in total. The number of hydrogen-bond acceptors (Lipinski definition) is 2. The predicted octanol–water partition coefficient (Wildman–Crippen LogP) is 2.71. The van der Waals surface area contributed by atoms with E-state index in [0.717, 1.165) is 6.04 Å². The van der Waals surface area contributed by atoms with Crippen molar-refractivity contribution in [3.63, 3.8) is 0 Å². The number of halogens is 1. The standard InChI is InChI=1S/C15H21FN2/c1-11(12-4-6-13(16)7-5-12)17-14-8-10-18-9-2-3-15(14)18/h4-7,11,14-15,17H,2-3,8-10H2,1H3. The average molecular weight is 248 g/mol. The molecule has 1 aromatic rings. The quantitative estimate of drug-likeness (QED) is 0.885. The summed E-state index contributed by atoms with van der Waals surface area (Å²) in [4.78, 5) is 2.61. The summed E-state index contributed by atoms with van der Waals surface area (Å²) in [7, 11) is 0. The molecule has 1 aromatic carbocycles. The Hall–Kier alpha value is -0.930. The van der Waals surface area contributed by atoms with Crippen LogP contribution < -0.4 is 5.32 Å². The van der Waals surface area contributed by atoms with Gasteiger partial charge in [-0.25, -0.2) is 4.39 Å². The lowest BCUT2D eigenvalue weighted by Crippen LogP contribution is -2.40. The van der Waals surface area contributed by atoms with Gasteiger partial charge in [-0.15, -0.1) is 0 Å². The molecule has 3 atom stereocenters. The minimum atomic E-state index is -0.159. The largest absolute Gasteiger partial charge is 0.306 e. The number of nitrogens with one attached hydrogen (secondary N) is 1. The molecule has 3 rings (SSSR count). The van der Waals surface area contributed by atoms with E-state index in [0.29, 0.717) is 12.1 Å². The van der Waals surface area contributed by atoms with Crippen LogP contribution in [0.2, 0.25) is 0 Å². The fourth-order valence-electron chi connectivity index (χ4n) is 3.45. The molecule has 3 unspecified atom stereocenters. The second kappa shape index (κ2) is 4.98. The molecule has 98 valence electrons. The molecule has 0 radical (unpaired) electrons. The molecule has 3 heteroatoms. The zero-order chi connectivity index (χ0) is 12.5. The molecule has 2 heterocycles. The molecule has 18 heavy (non-hydrogen) atoms. The van der Waals surface area contributed by atoms with Crippen LogP contribution in [0.5, 0.6) is 0 Å². The fourth-order valence-corrected chi connectivity index (χ4v) is 3.45. The van der Waals surface area contributed by atoms with E-state index in [9.17, 15) is 4.39 Å². The van der Waals surface area contributed by atoms with Crippen LogP contribution in [0.25, 0.3) is 0 Å². The van der Waals surface area contributed by atoms with Gasteiger partial charge >= 0.3 is 0 Å². The van der Waals surface area contributed by atoms with Crippen molar-refractivity contribution in [1.82, 2.24) is 10.2 Å². The Morgan fingerprint density at radius 1 is 1.22 bits per heavy atom. The second-order valence-corrected chi connectivity index (χ2v) is 5.58. The molecule has 0 aromatic heterocycles. The Kier molecular flexibility index (Phi) is 3.35. The summed E-state index contributed by atoms with van der Waals surface area (Å²) in [5, 5.41) is 3.72. The predicted molar refractivity (Wildman–Crippen MR) is 71.0 cm³/mol. The Morgan fingerprint density at radius 3 is 2.78 bits per heavy atom. The first kappa shape index (κ1) is 12.1. The van der Waals surface area contributed by atoms with Gasteiger partial charge in [-0.05, 0) is 50.4 Å². The summed E-state index contributed by atoms with van der Waals surface area (Å²) < 4.78 is 12.9. The highest BCUT2D eigenvalue weighted by Gasteiger charge is 2.37. The van der Waals surface area contributed by atoms with Crippen molar-refractivity contribution in [3.05, 3.63) is 35.6 Å². The molecular weight excluding hydrogens is 227 g/mol. The topological polar surface area (TPSA) is 15.3 Å². The van der Waals surface area contributed by atoms with Crippen LogP contribution in [0.15, 0.2) is 24.3 Å². The van der Waals surface area contributed by atoms with Crippen molar-refractivity contribution in [2.24, 2.45) is 0 Å². The van der Waals surface area contributed by atoms with Crippen molar-refractivity contribution in [1.29, 1.82) is 0 Å². The summed E-state index contributed by atoms with van der Waals surface area (Å²) in [5.74, 6) is -0.159. The normalized spacial score (nSPS) is 29.4. The molecular formula is C15H21FN2. The maximum Gasteiger partial charge on any atom is 0.123 e. The van der Waals surface area contributed by atoms with Crippen molar-refractivity contribution in [2.75, 3.05) is 13.1 Å². The SMILES string of the molecule is CC(NC1CCN2CCCC12)c1ccc(F)cc1. The maximum absolute atomic E-state index is 12.9. The molecule has 2 nitrogen and oxygen atoms in total. The third-order valence-electron chi connectivity index (χ3n) is 4.44. The molecule has 2 fully saturated rings. The maximum atomic E-state index is 12.9. The van der Waals surface area contributed by atoms with Gasteiger partial charge < -0.3 is 5.32 Å². The van der Waals surface area contributed by atoms with Gasteiger partial charge in [0.15, 0.2) is 0 Å². The molecule has 0 bridgehead atoms. The van der Waals surface area contributed by atoms with Gasteiger partial charge in [0.2, 0.25) is 0 Å².